The van der Waals surface area contributed by atoms with Crippen molar-refractivity contribution in [3.05, 3.63) is 59.3 Å². The van der Waals surface area contributed by atoms with E-state index >= 15 is 0 Å². The molecule has 4 nitrogen and oxygen atoms in total. The second-order valence-corrected chi connectivity index (χ2v) is 10.2. The van der Waals surface area contributed by atoms with E-state index in [9.17, 15) is 5.11 Å². The second-order valence-electron chi connectivity index (χ2n) is 10.2. The average molecular weight is 452 g/mol. The summed E-state index contributed by atoms with van der Waals surface area (Å²) in [6, 6.07) is 9.73. The van der Waals surface area contributed by atoms with Crippen LogP contribution in [0.2, 0.25) is 0 Å². The highest BCUT2D eigenvalue weighted by Gasteiger charge is 2.27. The summed E-state index contributed by atoms with van der Waals surface area (Å²) in [6.07, 6.45) is 14.8. The van der Waals surface area contributed by atoms with Gasteiger partial charge in [-0.05, 0) is 90.8 Å². The number of aromatic amines is 1. The Morgan fingerprint density at radius 2 is 2.03 bits per heavy atom. The average Bonchev–Trinajstić information content (AvgIpc) is 3.40. The van der Waals surface area contributed by atoms with Crippen LogP contribution in [0.3, 0.4) is 0 Å². The largest absolute Gasteiger partial charge is 0.395 e. The maximum atomic E-state index is 9.81. The van der Waals surface area contributed by atoms with Crippen LogP contribution < -0.4 is 5.32 Å². The van der Waals surface area contributed by atoms with E-state index in [0.717, 1.165) is 51.6 Å². The fourth-order valence-corrected chi connectivity index (χ4v) is 5.12. The zero-order chi connectivity index (χ0) is 23.6. The van der Waals surface area contributed by atoms with Crippen LogP contribution in [-0.2, 0) is 6.42 Å². The minimum absolute atomic E-state index is 0.270. The number of aromatic nitrogens is 1. The van der Waals surface area contributed by atoms with E-state index in [4.69, 9.17) is 0 Å². The van der Waals surface area contributed by atoms with Gasteiger partial charge in [-0.2, -0.15) is 0 Å². The van der Waals surface area contributed by atoms with Crippen LogP contribution in [0.25, 0.3) is 10.9 Å². The number of nitrogens with one attached hydrogen (secondary N) is 2. The molecule has 0 aliphatic carbocycles. The molecule has 1 aliphatic rings. The molecule has 1 aromatic carbocycles. The molecule has 3 N–H and O–H groups in total. The number of hydrogen-bond acceptors (Lipinski definition) is 3. The van der Waals surface area contributed by atoms with Crippen molar-refractivity contribution in [2.45, 2.75) is 90.8 Å². The molecule has 0 saturated carbocycles. The van der Waals surface area contributed by atoms with Gasteiger partial charge >= 0.3 is 0 Å². The molecule has 4 heteroatoms. The van der Waals surface area contributed by atoms with Crippen LogP contribution in [0, 0.1) is 0 Å². The third-order valence-electron chi connectivity index (χ3n) is 7.01. The standard InChI is InChI=1S/C29H45N3O/c1-22(2)10-7-11-23(3)12-8-13-24(4)31-26(20-32-17-9-14-27(32)21-33)18-25-19-30-29-16-6-5-15-28(25)29/h5-6,10,12,15-16,19,24,26-27,30-31,33H,7-9,11,13-14,17-18,20-21H2,1-4H3/b23-12+. The van der Waals surface area contributed by atoms with Crippen LogP contribution in [0.1, 0.15) is 71.8 Å². The van der Waals surface area contributed by atoms with Crippen molar-refractivity contribution in [3.63, 3.8) is 0 Å². The smallest absolute Gasteiger partial charge is 0.0586 e. The van der Waals surface area contributed by atoms with Gasteiger partial charge in [-0.25, -0.2) is 0 Å². The summed E-state index contributed by atoms with van der Waals surface area (Å²) >= 11 is 0. The number of allylic oxidation sites excluding steroid dienone is 4. The van der Waals surface area contributed by atoms with E-state index in [0.29, 0.717) is 18.1 Å². The number of aliphatic hydroxyl groups excluding tert-OH is 1. The molecule has 3 unspecified atom stereocenters. The van der Waals surface area contributed by atoms with Gasteiger partial charge in [-0.1, -0.05) is 41.5 Å². The molecule has 0 radical (unpaired) electrons. The number of benzene rings is 1. The van der Waals surface area contributed by atoms with Crippen molar-refractivity contribution in [3.8, 4) is 0 Å². The highest BCUT2D eigenvalue weighted by molar-refractivity contribution is 5.83. The fourth-order valence-electron chi connectivity index (χ4n) is 5.12. The Morgan fingerprint density at radius 1 is 1.21 bits per heavy atom. The third-order valence-corrected chi connectivity index (χ3v) is 7.01. The van der Waals surface area contributed by atoms with Crippen LogP contribution in [0.15, 0.2) is 53.8 Å². The van der Waals surface area contributed by atoms with Gasteiger partial charge in [0.25, 0.3) is 0 Å². The van der Waals surface area contributed by atoms with Gasteiger partial charge < -0.3 is 15.4 Å². The van der Waals surface area contributed by atoms with Gasteiger partial charge in [-0.15, -0.1) is 0 Å². The number of likely N-dealkylation sites (tertiary alicyclic amines) is 1. The van der Waals surface area contributed by atoms with Crippen molar-refractivity contribution < 1.29 is 5.11 Å². The zero-order valence-electron chi connectivity index (χ0n) is 21.2. The lowest BCUT2D eigenvalue weighted by atomic mass is 10.0. The molecule has 33 heavy (non-hydrogen) atoms. The fraction of sp³-hybridized carbons (Fsp3) is 0.586. The van der Waals surface area contributed by atoms with Gasteiger partial charge in [0, 0.05) is 41.8 Å². The monoisotopic (exact) mass is 451 g/mol. The number of fused-ring (bicyclic) bond motifs is 1. The molecule has 1 saturated heterocycles. The molecule has 0 spiro atoms. The molecule has 2 aromatic rings. The molecule has 2 heterocycles. The summed E-state index contributed by atoms with van der Waals surface area (Å²) in [5.41, 5.74) is 5.49. The van der Waals surface area contributed by atoms with Gasteiger partial charge in [0.15, 0.2) is 0 Å². The number of nitrogens with zero attached hydrogens (tertiary/aromatic N) is 1. The van der Waals surface area contributed by atoms with Gasteiger partial charge in [0.1, 0.15) is 0 Å². The first kappa shape index (κ1) is 25.7. The molecule has 1 aromatic heterocycles. The zero-order valence-corrected chi connectivity index (χ0v) is 21.2. The number of para-hydroxylation sites is 1. The summed E-state index contributed by atoms with van der Waals surface area (Å²) in [4.78, 5) is 5.93. The topological polar surface area (TPSA) is 51.3 Å². The first-order valence-corrected chi connectivity index (χ1v) is 12.9. The van der Waals surface area contributed by atoms with Gasteiger partial charge in [-0.3, -0.25) is 4.90 Å². The van der Waals surface area contributed by atoms with E-state index < -0.39 is 0 Å². The Kier molecular flexibility index (Phi) is 10.2. The van der Waals surface area contributed by atoms with Crippen LogP contribution in [-0.4, -0.2) is 52.8 Å². The molecule has 3 atom stereocenters. The maximum Gasteiger partial charge on any atom is 0.0586 e. The normalized spacial score (nSPS) is 19.2. The van der Waals surface area contributed by atoms with E-state index in [2.05, 4.69) is 85.5 Å². The molecule has 0 amide bonds. The summed E-state index contributed by atoms with van der Waals surface area (Å²) in [7, 11) is 0. The number of aliphatic hydroxyl groups is 1. The predicted octanol–water partition coefficient (Wildman–Crippen LogP) is 5.99. The molecule has 0 bridgehead atoms. The van der Waals surface area contributed by atoms with Gasteiger partial charge in [0.05, 0.1) is 6.61 Å². The quantitative estimate of drug-likeness (QED) is 0.328. The minimum Gasteiger partial charge on any atom is -0.395 e. The lowest BCUT2D eigenvalue weighted by Crippen LogP contribution is -2.47. The Labute approximate surface area is 201 Å². The van der Waals surface area contributed by atoms with Crippen molar-refractivity contribution in [1.29, 1.82) is 0 Å². The highest BCUT2D eigenvalue weighted by atomic mass is 16.3. The molecule has 182 valence electrons. The summed E-state index contributed by atoms with van der Waals surface area (Å²) in [5, 5.41) is 15.1. The number of H-pyrrole nitrogens is 1. The van der Waals surface area contributed by atoms with Crippen LogP contribution in [0.4, 0.5) is 0 Å². The second kappa shape index (κ2) is 13.1. The first-order valence-electron chi connectivity index (χ1n) is 12.9. The lowest BCUT2D eigenvalue weighted by Gasteiger charge is -2.30. The maximum absolute atomic E-state index is 9.81. The van der Waals surface area contributed by atoms with E-state index in [1.807, 2.05) is 0 Å². The molecule has 1 aliphatic heterocycles. The number of rotatable bonds is 13. The molecule has 1 fully saturated rings. The van der Waals surface area contributed by atoms with Crippen molar-refractivity contribution in [1.82, 2.24) is 15.2 Å². The van der Waals surface area contributed by atoms with Crippen molar-refractivity contribution in [2.75, 3.05) is 19.7 Å². The number of hydrogen-bond donors (Lipinski definition) is 3. The summed E-state index contributed by atoms with van der Waals surface area (Å²) in [5.74, 6) is 0. The van der Waals surface area contributed by atoms with E-state index in [-0.39, 0.29) is 6.61 Å². The van der Waals surface area contributed by atoms with E-state index in [1.54, 1.807) is 0 Å². The molecular weight excluding hydrogens is 406 g/mol. The first-order chi connectivity index (χ1) is 16.0. The van der Waals surface area contributed by atoms with Crippen LogP contribution in [0.5, 0.6) is 0 Å². The predicted molar refractivity (Wildman–Crippen MR) is 142 cm³/mol. The minimum atomic E-state index is 0.270. The Bertz CT molecular complexity index is 908. The van der Waals surface area contributed by atoms with Gasteiger partial charge in [0.2, 0.25) is 0 Å². The summed E-state index contributed by atoms with van der Waals surface area (Å²) < 4.78 is 0. The van der Waals surface area contributed by atoms with Crippen LogP contribution >= 0.6 is 0 Å². The summed E-state index contributed by atoms with van der Waals surface area (Å²) in [6.45, 7) is 11.3. The SMILES string of the molecule is CC(C)=CCC/C(C)=C/CCC(C)NC(Cc1c[nH]c2ccccc12)CN1CCCC1CO. The Balaban J connectivity index is 1.59. The van der Waals surface area contributed by atoms with E-state index in [1.165, 1.54) is 34.0 Å². The lowest BCUT2D eigenvalue weighted by molar-refractivity contribution is 0.145. The van der Waals surface area contributed by atoms with Crippen molar-refractivity contribution in [2.24, 2.45) is 0 Å². The Morgan fingerprint density at radius 3 is 2.82 bits per heavy atom. The third kappa shape index (κ3) is 8.13. The highest BCUT2D eigenvalue weighted by Crippen LogP contribution is 2.22. The Hall–Kier alpha value is -1.88. The molecule has 3 rings (SSSR count). The molecular formula is C29H45N3O. The van der Waals surface area contributed by atoms with Crippen molar-refractivity contribution >= 4 is 10.9 Å².